The SMILES string of the molecule is O=C(Cn1nnc2ccccc2c1=O)NCc1c(F)cccc1F. The third-order valence-corrected chi connectivity index (χ3v) is 3.45. The lowest BCUT2D eigenvalue weighted by Crippen LogP contribution is -2.34. The van der Waals surface area contributed by atoms with Crippen LogP contribution in [0.3, 0.4) is 0 Å². The van der Waals surface area contributed by atoms with Gasteiger partial charge in [0.05, 0.1) is 5.39 Å². The molecular weight excluding hydrogens is 318 g/mol. The number of nitrogens with zero attached hydrogens (tertiary/aromatic N) is 3. The molecule has 1 heterocycles. The number of aromatic nitrogens is 3. The standard InChI is InChI=1S/C16H12F2N4O2/c17-12-5-3-6-13(18)11(12)8-19-15(23)9-22-16(24)10-4-1-2-7-14(10)20-21-22/h1-7H,8-9H2,(H,19,23). The largest absolute Gasteiger partial charge is 0.350 e. The number of carbonyl (C=O) groups excluding carboxylic acids is 1. The van der Waals surface area contributed by atoms with E-state index in [2.05, 4.69) is 15.6 Å². The van der Waals surface area contributed by atoms with E-state index in [0.29, 0.717) is 10.9 Å². The smallest absolute Gasteiger partial charge is 0.278 e. The van der Waals surface area contributed by atoms with Gasteiger partial charge in [-0.2, -0.15) is 0 Å². The molecule has 24 heavy (non-hydrogen) atoms. The molecular formula is C16H12F2N4O2. The first-order valence-corrected chi connectivity index (χ1v) is 7.08. The van der Waals surface area contributed by atoms with Crippen LogP contribution in [0.1, 0.15) is 5.56 Å². The van der Waals surface area contributed by atoms with Crippen LogP contribution in [0.4, 0.5) is 8.78 Å². The summed E-state index contributed by atoms with van der Waals surface area (Å²) >= 11 is 0. The number of halogens is 2. The quantitative estimate of drug-likeness (QED) is 0.784. The zero-order valence-electron chi connectivity index (χ0n) is 12.4. The number of hydrogen-bond acceptors (Lipinski definition) is 4. The van der Waals surface area contributed by atoms with Crippen LogP contribution in [0.5, 0.6) is 0 Å². The molecule has 1 aromatic heterocycles. The van der Waals surface area contributed by atoms with Crippen molar-refractivity contribution in [3.63, 3.8) is 0 Å². The van der Waals surface area contributed by atoms with Gasteiger partial charge in [-0.1, -0.05) is 23.4 Å². The Bertz CT molecular complexity index is 951. The average Bonchev–Trinajstić information content (AvgIpc) is 2.57. The molecule has 0 atom stereocenters. The van der Waals surface area contributed by atoms with E-state index in [0.717, 1.165) is 16.8 Å². The average molecular weight is 330 g/mol. The van der Waals surface area contributed by atoms with Crippen molar-refractivity contribution >= 4 is 16.8 Å². The molecule has 0 aliphatic rings. The molecule has 2 aromatic carbocycles. The van der Waals surface area contributed by atoms with Crippen LogP contribution < -0.4 is 10.9 Å². The molecule has 0 fully saturated rings. The molecule has 3 aromatic rings. The maximum Gasteiger partial charge on any atom is 0.278 e. The minimum absolute atomic E-state index is 0.247. The normalized spacial score (nSPS) is 10.8. The zero-order chi connectivity index (χ0) is 17.1. The summed E-state index contributed by atoms with van der Waals surface area (Å²) in [5, 5.41) is 10.2. The molecule has 0 aliphatic heterocycles. The Hall–Kier alpha value is -3.16. The molecule has 6 nitrogen and oxygen atoms in total. The second-order valence-electron chi connectivity index (χ2n) is 5.05. The van der Waals surface area contributed by atoms with E-state index in [1.807, 2.05) is 0 Å². The molecule has 0 saturated carbocycles. The highest BCUT2D eigenvalue weighted by atomic mass is 19.1. The third-order valence-electron chi connectivity index (χ3n) is 3.45. The van der Waals surface area contributed by atoms with Gasteiger partial charge in [0.1, 0.15) is 23.7 Å². The lowest BCUT2D eigenvalue weighted by atomic mass is 10.2. The fourth-order valence-corrected chi connectivity index (χ4v) is 2.21. The summed E-state index contributed by atoms with van der Waals surface area (Å²) < 4.78 is 27.9. The van der Waals surface area contributed by atoms with Crippen molar-refractivity contribution in [2.24, 2.45) is 0 Å². The Balaban J connectivity index is 1.74. The number of benzene rings is 2. The lowest BCUT2D eigenvalue weighted by Gasteiger charge is -2.08. The minimum atomic E-state index is -0.752. The number of fused-ring (bicyclic) bond motifs is 1. The number of rotatable bonds is 4. The Kier molecular flexibility index (Phi) is 4.28. The highest BCUT2D eigenvalue weighted by Crippen LogP contribution is 2.11. The van der Waals surface area contributed by atoms with Crippen LogP contribution in [0, 0.1) is 11.6 Å². The fourth-order valence-electron chi connectivity index (χ4n) is 2.21. The van der Waals surface area contributed by atoms with Gasteiger partial charge in [0.15, 0.2) is 0 Å². The van der Waals surface area contributed by atoms with Gasteiger partial charge in [-0.05, 0) is 24.3 Å². The van der Waals surface area contributed by atoms with Crippen LogP contribution >= 0.6 is 0 Å². The van der Waals surface area contributed by atoms with E-state index in [1.54, 1.807) is 24.3 Å². The van der Waals surface area contributed by atoms with E-state index in [-0.39, 0.29) is 12.1 Å². The van der Waals surface area contributed by atoms with Gasteiger partial charge in [0.25, 0.3) is 5.56 Å². The van der Waals surface area contributed by atoms with Crippen molar-refractivity contribution in [1.29, 1.82) is 0 Å². The Morgan fingerprint density at radius 1 is 1.08 bits per heavy atom. The van der Waals surface area contributed by atoms with E-state index in [4.69, 9.17) is 0 Å². The molecule has 0 aliphatic carbocycles. The summed E-state index contributed by atoms with van der Waals surface area (Å²) in [6, 6.07) is 10.0. The highest BCUT2D eigenvalue weighted by Gasteiger charge is 2.12. The second kappa shape index (κ2) is 6.53. The van der Waals surface area contributed by atoms with E-state index >= 15 is 0 Å². The van der Waals surface area contributed by atoms with Crippen LogP contribution in [0.25, 0.3) is 10.9 Å². The molecule has 3 rings (SSSR count). The third kappa shape index (κ3) is 3.12. The van der Waals surface area contributed by atoms with Crippen molar-refractivity contribution in [3.8, 4) is 0 Å². The van der Waals surface area contributed by atoms with Crippen LogP contribution in [0.2, 0.25) is 0 Å². The van der Waals surface area contributed by atoms with Crippen molar-refractivity contribution in [3.05, 3.63) is 70.0 Å². The molecule has 0 spiro atoms. The van der Waals surface area contributed by atoms with Crippen molar-refractivity contribution in [2.75, 3.05) is 0 Å². The van der Waals surface area contributed by atoms with Gasteiger partial charge in [0.2, 0.25) is 5.91 Å². The number of amides is 1. The Morgan fingerprint density at radius 3 is 2.54 bits per heavy atom. The first kappa shape index (κ1) is 15.7. The van der Waals surface area contributed by atoms with Gasteiger partial charge in [-0.15, -0.1) is 5.10 Å². The van der Waals surface area contributed by atoms with E-state index in [1.165, 1.54) is 6.07 Å². The van der Waals surface area contributed by atoms with Gasteiger partial charge < -0.3 is 5.32 Å². The molecule has 122 valence electrons. The summed E-state index contributed by atoms with van der Waals surface area (Å²) in [5.41, 5.74) is -0.289. The predicted molar refractivity (Wildman–Crippen MR) is 82.0 cm³/mol. The molecule has 1 amide bonds. The van der Waals surface area contributed by atoms with Crippen molar-refractivity contribution < 1.29 is 13.6 Å². The molecule has 0 unspecified atom stereocenters. The van der Waals surface area contributed by atoms with Gasteiger partial charge in [-0.3, -0.25) is 9.59 Å². The molecule has 1 N–H and O–H groups in total. The van der Waals surface area contributed by atoms with Gasteiger partial charge in [0, 0.05) is 12.1 Å². The summed E-state index contributed by atoms with van der Waals surface area (Å²) in [6.45, 7) is -0.722. The Morgan fingerprint density at radius 2 is 1.79 bits per heavy atom. The van der Waals surface area contributed by atoms with Crippen LogP contribution in [0.15, 0.2) is 47.3 Å². The predicted octanol–water partition coefficient (Wildman–Crippen LogP) is 1.39. The minimum Gasteiger partial charge on any atom is -0.350 e. The fraction of sp³-hybridized carbons (Fsp3) is 0.125. The van der Waals surface area contributed by atoms with Crippen molar-refractivity contribution in [1.82, 2.24) is 20.3 Å². The number of hydrogen-bond donors (Lipinski definition) is 1. The number of carbonyl (C=O) groups is 1. The summed E-state index contributed by atoms with van der Waals surface area (Å²) in [4.78, 5) is 24.1. The van der Waals surface area contributed by atoms with Crippen LogP contribution in [-0.2, 0) is 17.9 Å². The van der Waals surface area contributed by atoms with Gasteiger partial charge in [-0.25, -0.2) is 13.5 Å². The van der Waals surface area contributed by atoms with Crippen molar-refractivity contribution in [2.45, 2.75) is 13.1 Å². The lowest BCUT2D eigenvalue weighted by molar-refractivity contribution is -0.122. The topological polar surface area (TPSA) is 76.9 Å². The molecule has 0 radical (unpaired) electrons. The van der Waals surface area contributed by atoms with Gasteiger partial charge >= 0.3 is 0 Å². The second-order valence-corrected chi connectivity index (χ2v) is 5.05. The zero-order valence-corrected chi connectivity index (χ0v) is 12.4. The number of nitrogens with one attached hydrogen (secondary N) is 1. The molecule has 0 bridgehead atoms. The molecule has 0 saturated heterocycles. The summed E-state index contributed by atoms with van der Waals surface area (Å²) in [5.74, 6) is -2.11. The Labute approximate surface area is 134 Å². The monoisotopic (exact) mass is 330 g/mol. The summed E-state index contributed by atoms with van der Waals surface area (Å²) in [7, 11) is 0. The first-order valence-electron chi connectivity index (χ1n) is 7.08. The highest BCUT2D eigenvalue weighted by molar-refractivity contribution is 5.78. The maximum absolute atomic E-state index is 13.5. The van der Waals surface area contributed by atoms with E-state index in [9.17, 15) is 18.4 Å². The maximum atomic E-state index is 13.5. The first-order chi connectivity index (χ1) is 11.6. The van der Waals surface area contributed by atoms with Crippen LogP contribution in [-0.4, -0.2) is 20.9 Å². The molecule has 8 heteroatoms. The summed E-state index contributed by atoms with van der Waals surface area (Å²) in [6.07, 6.45) is 0. The van der Waals surface area contributed by atoms with E-state index < -0.39 is 29.6 Å².